The normalized spacial score (nSPS) is 34.1. The van der Waals surface area contributed by atoms with E-state index < -0.39 is 36.1 Å². The van der Waals surface area contributed by atoms with Gasteiger partial charge in [0, 0.05) is 5.23 Å². The van der Waals surface area contributed by atoms with Gasteiger partial charge < -0.3 is 24.5 Å². The molecule has 0 spiro atoms. The number of aliphatic hydroxyl groups is 1. The Morgan fingerprint density at radius 3 is 1.59 bits per heavy atom. The molecular weight excluding hydrogens is 304 g/mol. The summed E-state index contributed by atoms with van der Waals surface area (Å²) in [5, 5.41) is 11.0. The molecule has 2 rings (SSSR count). The first-order valence-electron chi connectivity index (χ1n) is 6.39. The van der Waals surface area contributed by atoms with E-state index in [9.17, 15) is 24.3 Å². The fourth-order valence-electron chi connectivity index (χ4n) is 1.60. The first-order valence-corrected chi connectivity index (χ1v) is 6.39. The maximum atomic E-state index is 11.6. The summed E-state index contributed by atoms with van der Waals surface area (Å²) in [7, 11) is 0. The van der Waals surface area contributed by atoms with Crippen molar-refractivity contribution in [1.82, 2.24) is 10.5 Å². The summed E-state index contributed by atoms with van der Waals surface area (Å²) in [4.78, 5) is 65.1. The predicted octanol–water partition coefficient (Wildman–Crippen LogP) is -1.28. The van der Waals surface area contributed by atoms with Gasteiger partial charge >= 0.3 is 23.9 Å². The van der Waals surface area contributed by atoms with Crippen LogP contribution in [0.15, 0.2) is 0 Å². The van der Waals surface area contributed by atoms with Crippen molar-refractivity contribution in [3.63, 3.8) is 0 Å². The summed E-state index contributed by atoms with van der Waals surface area (Å²) in [5.74, 6) is -3.54. The summed E-state index contributed by atoms with van der Waals surface area (Å²) in [6.45, 7) is 0.455. The Labute approximate surface area is 124 Å². The third-order valence-corrected chi connectivity index (χ3v) is 2.67. The van der Waals surface area contributed by atoms with Gasteiger partial charge in [-0.05, 0) is 6.92 Å². The number of carbonyl (C=O) groups excluding carboxylic acids is 4. The van der Waals surface area contributed by atoms with Crippen LogP contribution in [0.4, 0.5) is 0 Å². The zero-order valence-electron chi connectivity index (χ0n) is 11.6. The van der Waals surface area contributed by atoms with Gasteiger partial charge in [-0.2, -0.15) is 0 Å². The van der Waals surface area contributed by atoms with Gasteiger partial charge in [-0.15, -0.1) is 0 Å². The van der Waals surface area contributed by atoms with E-state index in [2.05, 4.69) is 0 Å². The molecule has 11 nitrogen and oxygen atoms in total. The lowest BCUT2D eigenvalue weighted by atomic mass is 10.3. The van der Waals surface area contributed by atoms with Crippen LogP contribution in [-0.2, 0) is 38.5 Å². The van der Waals surface area contributed by atoms with Crippen LogP contribution in [0.3, 0.4) is 0 Å². The van der Waals surface area contributed by atoms with Crippen molar-refractivity contribution >= 4 is 23.9 Å². The molecule has 0 aliphatic carbocycles. The van der Waals surface area contributed by atoms with Gasteiger partial charge in [0.1, 0.15) is 6.54 Å². The van der Waals surface area contributed by atoms with Crippen molar-refractivity contribution in [2.75, 3.05) is 6.54 Å². The number of nitrogens with zero attached hydrogens (tertiary/aromatic N) is 2. The van der Waals surface area contributed by atoms with Crippen molar-refractivity contribution in [2.45, 2.75) is 38.3 Å². The highest BCUT2D eigenvalue weighted by atomic mass is 17.0. The maximum absolute atomic E-state index is 11.6. The third kappa shape index (κ3) is 4.13. The van der Waals surface area contributed by atoms with Crippen LogP contribution >= 0.6 is 0 Å². The summed E-state index contributed by atoms with van der Waals surface area (Å²) in [6.07, 6.45) is -1.47. The second-order valence-electron chi connectivity index (χ2n) is 4.82. The Kier molecular flexibility index (Phi) is 4.59. The van der Waals surface area contributed by atoms with Gasteiger partial charge in [-0.1, -0.05) is 0 Å². The highest BCUT2D eigenvalue weighted by Crippen LogP contribution is 2.20. The molecule has 122 valence electrons. The predicted molar refractivity (Wildman–Crippen MR) is 62.0 cm³/mol. The number of hydroxylamine groups is 4. The Hall–Kier alpha value is -2.24. The van der Waals surface area contributed by atoms with E-state index in [0.29, 0.717) is 10.5 Å². The van der Waals surface area contributed by atoms with Gasteiger partial charge in [-0.3, -0.25) is 19.2 Å². The molecule has 0 aromatic rings. The Bertz CT molecular complexity index is 468. The van der Waals surface area contributed by atoms with Gasteiger partial charge in [0.25, 0.3) is 0 Å². The molecule has 1 unspecified atom stereocenters. The Morgan fingerprint density at radius 2 is 1.18 bits per heavy atom. The smallest absolute Gasteiger partial charge is 0.329 e. The van der Waals surface area contributed by atoms with Crippen molar-refractivity contribution < 1.29 is 43.6 Å². The third-order valence-electron chi connectivity index (χ3n) is 2.67. The van der Waals surface area contributed by atoms with Crippen molar-refractivity contribution in [3.8, 4) is 0 Å². The van der Waals surface area contributed by atoms with E-state index in [1.807, 2.05) is 0 Å². The van der Waals surface area contributed by atoms with E-state index in [0.717, 1.165) is 6.92 Å². The minimum Gasteiger partial charge on any atom is -0.368 e. The van der Waals surface area contributed by atoms with Gasteiger partial charge in [0.15, 0.2) is 0 Å². The Balaban J connectivity index is 2.31. The molecule has 2 heterocycles. The van der Waals surface area contributed by atoms with Crippen molar-refractivity contribution in [2.24, 2.45) is 0 Å². The monoisotopic (exact) mass is 318 g/mol. The lowest BCUT2D eigenvalue weighted by Gasteiger charge is -2.35. The van der Waals surface area contributed by atoms with Crippen LogP contribution in [0.25, 0.3) is 0 Å². The van der Waals surface area contributed by atoms with Gasteiger partial charge in [0.2, 0.25) is 5.72 Å². The topological polar surface area (TPSA) is 132 Å². The highest BCUT2D eigenvalue weighted by Gasteiger charge is 2.42. The molecule has 2 saturated heterocycles. The standard InChI is InChI=1S/C11H14N2O9/c1-11(18)6-12-19-7(14)2-4-9(16)21-13(11)22-10(17)5-3-8(15)20-12/h18H,2-6H2,1H3. The van der Waals surface area contributed by atoms with E-state index >= 15 is 0 Å². The summed E-state index contributed by atoms with van der Waals surface area (Å²) in [6, 6.07) is 0. The van der Waals surface area contributed by atoms with E-state index in [4.69, 9.17) is 19.4 Å². The molecular formula is C11H14N2O9. The largest absolute Gasteiger partial charge is 0.368 e. The first kappa shape index (κ1) is 16.1. The molecule has 0 amide bonds. The molecule has 0 saturated carbocycles. The molecule has 11 heteroatoms. The summed E-state index contributed by atoms with van der Waals surface area (Å²) < 4.78 is 0. The van der Waals surface area contributed by atoms with Gasteiger partial charge in [-0.25, -0.2) is 0 Å². The zero-order valence-corrected chi connectivity index (χ0v) is 11.6. The molecule has 22 heavy (non-hydrogen) atoms. The minimum atomic E-state index is -2.14. The lowest BCUT2D eigenvalue weighted by molar-refractivity contribution is -0.436. The zero-order chi connectivity index (χ0) is 16.3. The van der Waals surface area contributed by atoms with Crippen molar-refractivity contribution in [3.05, 3.63) is 0 Å². The van der Waals surface area contributed by atoms with Crippen LogP contribution < -0.4 is 0 Å². The fourth-order valence-corrected chi connectivity index (χ4v) is 1.60. The quantitative estimate of drug-likeness (QED) is 0.572. The second kappa shape index (κ2) is 6.25. The molecule has 0 radical (unpaired) electrons. The molecule has 0 aromatic carbocycles. The van der Waals surface area contributed by atoms with Crippen LogP contribution in [-0.4, -0.2) is 51.7 Å². The first-order chi connectivity index (χ1) is 10.3. The average molecular weight is 318 g/mol. The molecule has 0 aromatic heterocycles. The molecule has 2 fully saturated rings. The van der Waals surface area contributed by atoms with E-state index in [1.54, 1.807) is 0 Å². The molecule has 2 bridgehead atoms. The molecule has 2 aliphatic rings. The van der Waals surface area contributed by atoms with E-state index in [-0.39, 0.29) is 25.7 Å². The van der Waals surface area contributed by atoms with E-state index in [1.165, 1.54) is 0 Å². The minimum absolute atomic E-state index is 0.295. The Morgan fingerprint density at radius 1 is 0.818 bits per heavy atom. The number of fused-ring (bicyclic) bond motifs is 3. The fraction of sp³-hybridized carbons (Fsp3) is 0.636. The molecule has 1 N–H and O–H groups in total. The molecule has 1 atom stereocenters. The van der Waals surface area contributed by atoms with Crippen LogP contribution in [0.5, 0.6) is 0 Å². The number of hydrogen-bond acceptors (Lipinski definition) is 11. The summed E-state index contributed by atoms with van der Waals surface area (Å²) in [5.41, 5.74) is -2.14. The summed E-state index contributed by atoms with van der Waals surface area (Å²) >= 11 is 0. The van der Waals surface area contributed by atoms with Gasteiger partial charge in [0.05, 0.1) is 30.9 Å². The van der Waals surface area contributed by atoms with Crippen molar-refractivity contribution in [1.29, 1.82) is 0 Å². The average Bonchev–Trinajstić information content (AvgIpc) is 2.40. The van der Waals surface area contributed by atoms with Crippen LogP contribution in [0, 0.1) is 0 Å². The van der Waals surface area contributed by atoms with Crippen LogP contribution in [0.2, 0.25) is 0 Å². The number of carbonyl (C=O) groups is 4. The second-order valence-corrected chi connectivity index (χ2v) is 4.82. The maximum Gasteiger partial charge on any atom is 0.329 e. The number of hydrogen-bond donors (Lipinski definition) is 1. The van der Waals surface area contributed by atoms with Crippen LogP contribution in [0.1, 0.15) is 32.6 Å². The highest BCUT2D eigenvalue weighted by molar-refractivity contribution is 5.79. The molecule has 2 aliphatic heterocycles. The SMILES string of the molecule is CC1(O)CN2OC(=O)CCC(=O)ON1OC(=O)CCC(=O)O2. The lowest BCUT2D eigenvalue weighted by Crippen LogP contribution is -2.56. The number of rotatable bonds is 0.